The molecule has 0 fully saturated rings. The number of carbonyl (C=O) groups is 2. The van der Waals surface area contributed by atoms with Crippen LogP contribution in [0.2, 0.25) is 0 Å². The van der Waals surface area contributed by atoms with Crippen molar-refractivity contribution in [3.05, 3.63) is 82.6 Å². The van der Waals surface area contributed by atoms with Crippen LogP contribution < -0.4 is 10.1 Å². The third kappa shape index (κ3) is 5.18. The number of rotatable bonds is 7. The van der Waals surface area contributed by atoms with E-state index in [1.165, 1.54) is 11.3 Å². The first kappa shape index (κ1) is 18.7. The minimum absolute atomic E-state index is 0.132. The van der Waals surface area contributed by atoms with Crippen molar-refractivity contribution in [2.24, 2.45) is 0 Å². The minimum atomic E-state index is -1.04. The quantitative estimate of drug-likeness (QED) is 0.622. The second-order valence-corrected chi connectivity index (χ2v) is 6.79. The molecule has 1 N–H and O–H groups in total. The molecule has 138 valence electrons. The Balaban J connectivity index is 1.76. The molecule has 0 aliphatic rings. The number of anilines is 1. The summed E-state index contributed by atoms with van der Waals surface area (Å²) in [5.41, 5.74) is 1.17. The highest BCUT2D eigenvalue weighted by molar-refractivity contribution is 7.10. The standard InChI is InChI=1S/C21H19NO4S/c1-25-17-10-5-9-16(13-17)22-21(24)20(15-7-3-2-4-8-15)26-19(23)14-18-11-6-12-27-18/h2-13,20H,14H2,1H3,(H,22,24)/t20-/m0/s1. The van der Waals surface area contributed by atoms with Crippen molar-refractivity contribution in [1.29, 1.82) is 0 Å². The monoisotopic (exact) mass is 381 g/mol. The molecule has 1 aromatic heterocycles. The summed E-state index contributed by atoms with van der Waals surface area (Å²) in [5.74, 6) is -0.250. The van der Waals surface area contributed by atoms with E-state index >= 15 is 0 Å². The van der Waals surface area contributed by atoms with Crippen LogP contribution in [0.5, 0.6) is 5.75 Å². The highest BCUT2D eigenvalue weighted by Crippen LogP contribution is 2.23. The molecule has 2 aromatic carbocycles. The van der Waals surface area contributed by atoms with Gasteiger partial charge in [0, 0.05) is 22.2 Å². The molecule has 1 atom stereocenters. The van der Waals surface area contributed by atoms with Gasteiger partial charge in [0.25, 0.3) is 5.91 Å². The lowest BCUT2D eigenvalue weighted by Gasteiger charge is -2.18. The van der Waals surface area contributed by atoms with Crippen LogP contribution in [-0.4, -0.2) is 19.0 Å². The summed E-state index contributed by atoms with van der Waals surface area (Å²) in [5, 5.41) is 4.68. The van der Waals surface area contributed by atoms with Gasteiger partial charge in [0.15, 0.2) is 0 Å². The number of hydrogen-bond acceptors (Lipinski definition) is 5. The van der Waals surface area contributed by atoms with Crippen molar-refractivity contribution in [1.82, 2.24) is 0 Å². The molecule has 0 spiro atoms. The van der Waals surface area contributed by atoms with Gasteiger partial charge in [0.2, 0.25) is 6.10 Å². The maximum absolute atomic E-state index is 12.8. The van der Waals surface area contributed by atoms with Crippen LogP contribution in [0.3, 0.4) is 0 Å². The number of thiophene rings is 1. The number of esters is 1. The van der Waals surface area contributed by atoms with Crippen LogP contribution in [0.1, 0.15) is 16.5 Å². The number of methoxy groups -OCH3 is 1. The predicted octanol–water partition coefficient (Wildman–Crippen LogP) is 4.22. The second-order valence-electron chi connectivity index (χ2n) is 5.76. The van der Waals surface area contributed by atoms with Gasteiger partial charge >= 0.3 is 5.97 Å². The summed E-state index contributed by atoms with van der Waals surface area (Å²) in [6.07, 6.45) is -0.905. The van der Waals surface area contributed by atoms with E-state index in [1.807, 2.05) is 23.6 Å². The van der Waals surface area contributed by atoms with E-state index in [0.29, 0.717) is 17.0 Å². The molecule has 0 saturated heterocycles. The van der Waals surface area contributed by atoms with Crippen molar-refractivity contribution in [3.8, 4) is 5.75 Å². The molecule has 0 aliphatic carbocycles. The zero-order chi connectivity index (χ0) is 19.1. The molecule has 0 saturated carbocycles. The number of ether oxygens (including phenoxy) is 2. The Morgan fingerprint density at radius 2 is 1.85 bits per heavy atom. The van der Waals surface area contributed by atoms with Gasteiger partial charge in [-0.15, -0.1) is 11.3 Å². The van der Waals surface area contributed by atoms with E-state index in [9.17, 15) is 9.59 Å². The zero-order valence-electron chi connectivity index (χ0n) is 14.8. The van der Waals surface area contributed by atoms with E-state index in [-0.39, 0.29) is 6.42 Å². The maximum atomic E-state index is 12.8. The van der Waals surface area contributed by atoms with Gasteiger partial charge in [-0.3, -0.25) is 9.59 Å². The fourth-order valence-corrected chi connectivity index (χ4v) is 3.23. The third-order valence-electron chi connectivity index (χ3n) is 3.83. The van der Waals surface area contributed by atoms with Crippen LogP contribution in [-0.2, 0) is 20.7 Å². The van der Waals surface area contributed by atoms with Crippen LogP contribution in [0.25, 0.3) is 0 Å². The molecule has 3 aromatic rings. The highest BCUT2D eigenvalue weighted by atomic mass is 32.1. The van der Waals surface area contributed by atoms with Crippen LogP contribution >= 0.6 is 11.3 Å². The predicted molar refractivity (Wildman–Crippen MR) is 105 cm³/mol. The molecule has 5 nitrogen and oxygen atoms in total. The number of benzene rings is 2. The van der Waals surface area contributed by atoms with Gasteiger partial charge in [-0.2, -0.15) is 0 Å². The molecule has 3 rings (SSSR count). The summed E-state index contributed by atoms with van der Waals surface area (Å²) in [6.45, 7) is 0. The normalized spacial score (nSPS) is 11.4. The number of hydrogen-bond donors (Lipinski definition) is 1. The minimum Gasteiger partial charge on any atom is -0.497 e. The van der Waals surface area contributed by atoms with Crippen molar-refractivity contribution >= 4 is 28.9 Å². The molecule has 0 aliphatic heterocycles. The molecule has 0 bridgehead atoms. The van der Waals surface area contributed by atoms with Crippen molar-refractivity contribution in [2.45, 2.75) is 12.5 Å². The molecule has 0 radical (unpaired) electrons. The molecule has 0 unspecified atom stereocenters. The van der Waals surface area contributed by atoms with Crippen molar-refractivity contribution < 1.29 is 19.1 Å². The fraction of sp³-hybridized carbons (Fsp3) is 0.143. The summed E-state index contributed by atoms with van der Waals surface area (Å²) < 4.78 is 10.7. The lowest BCUT2D eigenvalue weighted by Crippen LogP contribution is -2.26. The number of nitrogens with one attached hydrogen (secondary N) is 1. The Hall–Kier alpha value is -3.12. The van der Waals surface area contributed by atoms with Crippen LogP contribution in [0, 0.1) is 0 Å². The molecule has 6 heteroatoms. The van der Waals surface area contributed by atoms with Gasteiger partial charge in [-0.1, -0.05) is 42.5 Å². The summed E-state index contributed by atoms with van der Waals surface area (Å²) >= 11 is 1.47. The van der Waals surface area contributed by atoms with Crippen molar-refractivity contribution in [3.63, 3.8) is 0 Å². The van der Waals surface area contributed by atoms with E-state index < -0.39 is 18.0 Å². The Bertz CT molecular complexity index is 894. The molecule has 27 heavy (non-hydrogen) atoms. The first-order chi connectivity index (χ1) is 13.2. The third-order valence-corrected chi connectivity index (χ3v) is 4.70. The summed E-state index contributed by atoms with van der Waals surface area (Å²) in [6, 6.07) is 19.7. The van der Waals surface area contributed by atoms with Gasteiger partial charge in [-0.25, -0.2) is 0 Å². The van der Waals surface area contributed by atoms with Gasteiger partial charge < -0.3 is 14.8 Å². The molecule has 1 amide bonds. The van der Waals surface area contributed by atoms with E-state index in [4.69, 9.17) is 9.47 Å². The Morgan fingerprint density at radius 3 is 2.56 bits per heavy atom. The van der Waals surface area contributed by atoms with E-state index in [2.05, 4.69) is 5.32 Å². The summed E-state index contributed by atoms with van der Waals surface area (Å²) in [4.78, 5) is 26.0. The topological polar surface area (TPSA) is 64.6 Å². The first-order valence-electron chi connectivity index (χ1n) is 8.37. The SMILES string of the molecule is COc1cccc(NC(=O)[C@@H](OC(=O)Cc2cccs2)c2ccccc2)c1. The molecular formula is C21H19NO4S. The van der Waals surface area contributed by atoms with Crippen LogP contribution in [0.4, 0.5) is 5.69 Å². The Kier molecular flexibility index (Phi) is 6.22. The number of carbonyl (C=O) groups excluding carboxylic acids is 2. The summed E-state index contributed by atoms with van der Waals surface area (Å²) in [7, 11) is 1.56. The van der Waals surface area contributed by atoms with Gasteiger partial charge in [0.05, 0.1) is 13.5 Å². The van der Waals surface area contributed by atoms with Crippen molar-refractivity contribution in [2.75, 3.05) is 12.4 Å². The largest absolute Gasteiger partial charge is 0.497 e. The zero-order valence-corrected chi connectivity index (χ0v) is 15.6. The Labute approximate surface area is 161 Å². The van der Waals surface area contributed by atoms with E-state index in [1.54, 1.807) is 55.6 Å². The second kappa shape index (κ2) is 9.00. The van der Waals surface area contributed by atoms with Gasteiger partial charge in [-0.05, 0) is 23.6 Å². The lowest BCUT2D eigenvalue weighted by atomic mass is 10.1. The average molecular weight is 381 g/mol. The average Bonchev–Trinajstić information content (AvgIpc) is 3.19. The highest BCUT2D eigenvalue weighted by Gasteiger charge is 2.25. The maximum Gasteiger partial charge on any atom is 0.312 e. The van der Waals surface area contributed by atoms with E-state index in [0.717, 1.165) is 4.88 Å². The Morgan fingerprint density at radius 1 is 1.04 bits per heavy atom. The molecular weight excluding hydrogens is 362 g/mol. The molecule has 1 heterocycles. The fourth-order valence-electron chi connectivity index (χ4n) is 2.54. The smallest absolute Gasteiger partial charge is 0.312 e. The first-order valence-corrected chi connectivity index (χ1v) is 9.25. The van der Waals surface area contributed by atoms with Crippen LogP contribution in [0.15, 0.2) is 72.1 Å². The number of amides is 1. The van der Waals surface area contributed by atoms with Gasteiger partial charge in [0.1, 0.15) is 5.75 Å². The lowest BCUT2D eigenvalue weighted by molar-refractivity contribution is -0.154.